The average molecular weight is 303 g/mol. The molecule has 1 saturated heterocycles. The Hall–Kier alpha value is -1.92. The van der Waals surface area contributed by atoms with E-state index in [1.807, 2.05) is 36.6 Å². The number of aromatic nitrogens is 1. The molecular formula is C15H17N3O2S. The summed E-state index contributed by atoms with van der Waals surface area (Å²) in [5.41, 5.74) is 8.19. The van der Waals surface area contributed by atoms with Crippen LogP contribution >= 0.6 is 11.3 Å². The van der Waals surface area contributed by atoms with E-state index < -0.39 is 0 Å². The van der Waals surface area contributed by atoms with Gasteiger partial charge in [-0.1, -0.05) is 19.1 Å². The molecule has 1 fully saturated rings. The smallest absolute Gasteiger partial charge is 0.255 e. The first-order valence-corrected chi connectivity index (χ1v) is 7.75. The van der Waals surface area contributed by atoms with Crippen molar-refractivity contribution in [2.24, 2.45) is 5.92 Å². The zero-order valence-corrected chi connectivity index (χ0v) is 12.5. The Balaban J connectivity index is 1.70. The first-order valence-electron chi connectivity index (χ1n) is 6.87. The highest BCUT2D eigenvalue weighted by Gasteiger charge is 2.31. The van der Waals surface area contributed by atoms with Crippen LogP contribution in [0.2, 0.25) is 0 Å². The van der Waals surface area contributed by atoms with Crippen LogP contribution in [0.3, 0.4) is 0 Å². The zero-order chi connectivity index (χ0) is 14.8. The standard InChI is InChI=1S/C15H17N3O2S/c1-9-6-7-20-13(9)14(19)18-15-17-12(8-21-15)10-2-4-11(16)5-3-10/h2-5,8-9,13H,6-7,16H2,1H3,(H,17,18,19). The van der Waals surface area contributed by atoms with E-state index >= 15 is 0 Å². The number of ether oxygens (including phenoxy) is 1. The SMILES string of the molecule is CC1CCOC1C(=O)Nc1nc(-c2ccc(N)cc2)cs1. The molecule has 0 bridgehead atoms. The molecule has 3 rings (SSSR count). The number of anilines is 2. The summed E-state index contributed by atoms with van der Waals surface area (Å²) in [5, 5.41) is 5.34. The van der Waals surface area contributed by atoms with Gasteiger partial charge in [0, 0.05) is 23.2 Å². The minimum Gasteiger partial charge on any atom is -0.399 e. The van der Waals surface area contributed by atoms with Crippen LogP contribution in [-0.2, 0) is 9.53 Å². The molecule has 5 nitrogen and oxygen atoms in total. The van der Waals surface area contributed by atoms with E-state index in [2.05, 4.69) is 10.3 Å². The third-order valence-corrected chi connectivity index (χ3v) is 4.34. The number of carbonyl (C=O) groups is 1. The minimum atomic E-state index is -0.367. The summed E-state index contributed by atoms with van der Waals surface area (Å²) in [7, 11) is 0. The molecule has 2 unspecified atom stereocenters. The zero-order valence-electron chi connectivity index (χ0n) is 11.7. The van der Waals surface area contributed by atoms with E-state index in [9.17, 15) is 4.79 Å². The van der Waals surface area contributed by atoms with Gasteiger partial charge in [-0.3, -0.25) is 10.1 Å². The highest BCUT2D eigenvalue weighted by Crippen LogP contribution is 2.27. The fourth-order valence-electron chi connectivity index (χ4n) is 2.32. The second-order valence-corrected chi connectivity index (χ2v) is 6.06. The maximum Gasteiger partial charge on any atom is 0.255 e. The lowest BCUT2D eigenvalue weighted by atomic mass is 10.0. The van der Waals surface area contributed by atoms with Gasteiger partial charge in [0.15, 0.2) is 5.13 Å². The predicted molar refractivity (Wildman–Crippen MR) is 84.1 cm³/mol. The number of hydrogen-bond acceptors (Lipinski definition) is 5. The molecule has 0 saturated carbocycles. The second-order valence-electron chi connectivity index (χ2n) is 5.21. The summed E-state index contributed by atoms with van der Waals surface area (Å²) in [4.78, 5) is 16.6. The molecule has 1 amide bonds. The molecular weight excluding hydrogens is 286 g/mol. The van der Waals surface area contributed by atoms with Crippen LogP contribution in [0.15, 0.2) is 29.6 Å². The van der Waals surface area contributed by atoms with Gasteiger partial charge >= 0.3 is 0 Å². The van der Waals surface area contributed by atoms with E-state index in [4.69, 9.17) is 10.5 Å². The lowest BCUT2D eigenvalue weighted by Crippen LogP contribution is -2.31. The maximum absolute atomic E-state index is 12.1. The number of nitrogens with zero attached hydrogens (tertiary/aromatic N) is 1. The van der Waals surface area contributed by atoms with Crippen LogP contribution in [0.5, 0.6) is 0 Å². The van der Waals surface area contributed by atoms with Crippen LogP contribution in [-0.4, -0.2) is 23.6 Å². The summed E-state index contributed by atoms with van der Waals surface area (Å²) in [6, 6.07) is 7.50. The van der Waals surface area contributed by atoms with Crippen molar-refractivity contribution in [3.8, 4) is 11.3 Å². The Labute approximate surface area is 127 Å². The van der Waals surface area contributed by atoms with E-state index in [-0.39, 0.29) is 17.9 Å². The number of hydrogen-bond donors (Lipinski definition) is 2. The molecule has 21 heavy (non-hydrogen) atoms. The molecule has 3 N–H and O–H groups in total. The molecule has 1 aliphatic rings. The quantitative estimate of drug-likeness (QED) is 0.855. The van der Waals surface area contributed by atoms with Crippen molar-refractivity contribution in [3.05, 3.63) is 29.6 Å². The largest absolute Gasteiger partial charge is 0.399 e. The fourth-order valence-corrected chi connectivity index (χ4v) is 3.05. The number of nitrogen functional groups attached to an aromatic ring is 1. The lowest BCUT2D eigenvalue weighted by molar-refractivity contribution is -0.126. The van der Waals surface area contributed by atoms with Crippen molar-refractivity contribution in [3.63, 3.8) is 0 Å². The summed E-state index contributed by atoms with van der Waals surface area (Å²) >= 11 is 1.41. The maximum atomic E-state index is 12.1. The number of carbonyl (C=O) groups excluding carboxylic acids is 1. The topological polar surface area (TPSA) is 77.2 Å². The van der Waals surface area contributed by atoms with Crippen molar-refractivity contribution in [1.82, 2.24) is 4.98 Å². The van der Waals surface area contributed by atoms with E-state index in [1.165, 1.54) is 11.3 Å². The number of nitrogens with two attached hydrogens (primary N) is 1. The summed E-state index contributed by atoms with van der Waals surface area (Å²) in [6.45, 7) is 2.67. The Morgan fingerprint density at radius 1 is 1.43 bits per heavy atom. The Morgan fingerprint density at radius 3 is 2.86 bits per heavy atom. The molecule has 0 radical (unpaired) electrons. The monoisotopic (exact) mass is 303 g/mol. The van der Waals surface area contributed by atoms with Gasteiger partial charge in [-0.25, -0.2) is 4.98 Å². The molecule has 1 aliphatic heterocycles. The normalized spacial score (nSPS) is 21.4. The van der Waals surface area contributed by atoms with Gasteiger partial charge in [0.25, 0.3) is 5.91 Å². The van der Waals surface area contributed by atoms with Crippen LogP contribution < -0.4 is 11.1 Å². The van der Waals surface area contributed by atoms with Gasteiger partial charge in [-0.15, -0.1) is 11.3 Å². The Kier molecular flexibility index (Phi) is 3.90. The van der Waals surface area contributed by atoms with Crippen molar-refractivity contribution in [2.45, 2.75) is 19.4 Å². The van der Waals surface area contributed by atoms with E-state index in [1.54, 1.807) is 0 Å². The first-order chi connectivity index (χ1) is 10.1. The van der Waals surface area contributed by atoms with Crippen molar-refractivity contribution < 1.29 is 9.53 Å². The van der Waals surface area contributed by atoms with Crippen LogP contribution in [0.1, 0.15) is 13.3 Å². The van der Waals surface area contributed by atoms with Crippen molar-refractivity contribution in [2.75, 3.05) is 17.7 Å². The lowest BCUT2D eigenvalue weighted by Gasteiger charge is -2.12. The highest BCUT2D eigenvalue weighted by atomic mass is 32.1. The number of nitrogens with one attached hydrogen (secondary N) is 1. The first kappa shape index (κ1) is 14.0. The van der Waals surface area contributed by atoms with Crippen LogP contribution in [0.25, 0.3) is 11.3 Å². The van der Waals surface area contributed by atoms with E-state index in [0.717, 1.165) is 23.4 Å². The minimum absolute atomic E-state index is 0.113. The molecule has 1 aromatic heterocycles. The van der Waals surface area contributed by atoms with Gasteiger partial charge in [0.2, 0.25) is 0 Å². The third-order valence-electron chi connectivity index (χ3n) is 3.59. The molecule has 110 valence electrons. The fraction of sp³-hybridized carbons (Fsp3) is 0.333. The molecule has 1 aromatic carbocycles. The van der Waals surface area contributed by atoms with Crippen LogP contribution in [0, 0.1) is 5.92 Å². The van der Waals surface area contributed by atoms with Gasteiger partial charge in [0.05, 0.1) is 5.69 Å². The summed E-state index contributed by atoms with van der Waals surface area (Å²) < 4.78 is 5.45. The molecule has 0 aliphatic carbocycles. The summed E-state index contributed by atoms with van der Waals surface area (Å²) in [6.07, 6.45) is 0.556. The summed E-state index contributed by atoms with van der Waals surface area (Å²) in [5.74, 6) is 0.139. The molecule has 2 aromatic rings. The number of thiazole rings is 1. The van der Waals surface area contributed by atoms with Crippen molar-refractivity contribution >= 4 is 28.1 Å². The molecule has 6 heteroatoms. The van der Waals surface area contributed by atoms with E-state index in [0.29, 0.717) is 11.7 Å². The molecule has 2 atom stereocenters. The van der Waals surface area contributed by atoms with Gasteiger partial charge in [0.1, 0.15) is 6.10 Å². The molecule has 2 heterocycles. The van der Waals surface area contributed by atoms with Crippen LogP contribution in [0.4, 0.5) is 10.8 Å². The predicted octanol–water partition coefficient (Wildman–Crippen LogP) is 2.76. The number of amides is 1. The second kappa shape index (κ2) is 5.83. The Bertz CT molecular complexity index is 639. The highest BCUT2D eigenvalue weighted by molar-refractivity contribution is 7.14. The van der Waals surface area contributed by atoms with Crippen molar-refractivity contribution in [1.29, 1.82) is 0 Å². The third kappa shape index (κ3) is 3.06. The van der Waals surface area contributed by atoms with Gasteiger partial charge in [-0.2, -0.15) is 0 Å². The number of rotatable bonds is 3. The molecule has 0 spiro atoms. The van der Waals surface area contributed by atoms with Gasteiger partial charge in [-0.05, 0) is 24.5 Å². The average Bonchev–Trinajstić information content (AvgIpc) is 3.09. The Morgan fingerprint density at radius 2 is 2.19 bits per heavy atom. The van der Waals surface area contributed by atoms with Gasteiger partial charge < -0.3 is 10.5 Å². The number of benzene rings is 1.